The Hall–Kier alpha value is -1.23. The fourth-order valence-corrected chi connectivity index (χ4v) is 2.90. The molecular weight excluding hydrogens is 313 g/mol. The predicted molar refractivity (Wildman–Crippen MR) is 84.1 cm³/mol. The lowest BCUT2D eigenvalue weighted by Gasteiger charge is -2.33. The molecule has 1 saturated heterocycles. The zero-order valence-corrected chi connectivity index (χ0v) is 13.0. The Morgan fingerprint density at radius 2 is 2.10 bits per heavy atom. The lowest BCUT2D eigenvalue weighted by molar-refractivity contribution is -0.119. The zero-order valence-electron chi connectivity index (χ0n) is 11.5. The topological polar surface area (TPSA) is 58.6 Å². The van der Waals surface area contributed by atoms with Crippen molar-refractivity contribution in [3.05, 3.63) is 34.8 Å². The molecule has 0 saturated carbocycles. The number of halogens is 2. The zero-order chi connectivity index (χ0) is 15.5. The first-order chi connectivity index (χ1) is 9.96. The summed E-state index contributed by atoms with van der Waals surface area (Å²) in [5.74, 6) is -0.403. The van der Waals surface area contributed by atoms with Crippen LogP contribution < -0.4 is 5.32 Å². The van der Waals surface area contributed by atoms with Crippen molar-refractivity contribution in [3.63, 3.8) is 0 Å². The van der Waals surface area contributed by atoms with Gasteiger partial charge in [-0.2, -0.15) is 0 Å². The van der Waals surface area contributed by atoms with Crippen LogP contribution >= 0.6 is 23.2 Å². The molecule has 1 heterocycles. The molecule has 2 rings (SSSR count). The van der Waals surface area contributed by atoms with E-state index in [0.717, 1.165) is 12.8 Å². The number of phenols is 1. The molecule has 1 aliphatic rings. The first-order valence-electron chi connectivity index (χ1n) is 6.65. The van der Waals surface area contributed by atoms with E-state index in [2.05, 4.69) is 11.9 Å². The second kappa shape index (κ2) is 6.69. The number of hydrogen-bond donors (Lipinski definition) is 2. The molecule has 2 N–H and O–H groups in total. The molecule has 4 nitrogen and oxygen atoms in total. The number of hydrogen-bond acceptors (Lipinski definition) is 3. The van der Waals surface area contributed by atoms with Crippen LogP contribution in [0.15, 0.2) is 24.8 Å². The fraction of sp³-hybridized carbons (Fsp3) is 0.400. The smallest absolute Gasteiger partial charge is 0.225 e. The normalized spacial score (nSPS) is 17.2. The molecule has 1 amide bonds. The summed E-state index contributed by atoms with van der Waals surface area (Å²) in [4.78, 5) is 12.2. The van der Waals surface area contributed by atoms with E-state index in [0.29, 0.717) is 18.2 Å². The molecule has 0 atom stereocenters. The number of aromatic hydroxyl groups is 1. The van der Waals surface area contributed by atoms with Gasteiger partial charge in [0.2, 0.25) is 5.91 Å². The van der Waals surface area contributed by atoms with Crippen molar-refractivity contribution < 1.29 is 14.6 Å². The Morgan fingerprint density at radius 3 is 2.71 bits per heavy atom. The second-order valence-electron chi connectivity index (χ2n) is 5.19. The van der Waals surface area contributed by atoms with E-state index in [1.54, 1.807) is 0 Å². The summed E-state index contributed by atoms with van der Waals surface area (Å²) < 4.78 is 5.32. The minimum atomic E-state index is -0.264. The van der Waals surface area contributed by atoms with Crippen molar-refractivity contribution in [3.8, 4) is 5.75 Å². The molecule has 0 spiro atoms. The summed E-state index contributed by atoms with van der Waals surface area (Å²) in [6.45, 7) is 5.07. The van der Waals surface area contributed by atoms with Gasteiger partial charge in [-0.15, -0.1) is 6.58 Å². The van der Waals surface area contributed by atoms with Gasteiger partial charge in [-0.1, -0.05) is 29.3 Å². The molecule has 0 unspecified atom stereocenters. The summed E-state index contributed by atoms with van der Waals surface area (Å²) in [5, 5.41) is 12.9. The average molecular weight is 330 g/mol. The van der Waals surface area contributed by atoms with Crippen LogP contribution in [0.4, 0.5) is 5.69 Å². The van der Waals surface area contributed by atoms with Crippen molar-refractivity contribution in [2.24, 2.45) is 5.41 Å². The summed E-state index contributed by atoms with van der Waals surface area (Å²) in [6.07, 6.45) is 3.61. The van der Waals surface area contributed by atoms with E-state index in [9.17, 15) is 9.90 Å². The van der Waals surface area contributed by atoms with E-state index in [1.807, 2.05) is 6.08 Å². The average Bonchev–Trinajstić information content (AvgIpc) is 2.45. The van der Waals surface area contributed by atoms with Crippen molar-refractivity contribution in [2.75, 3.05) is 18.5 Å². The van der Waals surface area contributed by atoms with E-state index >= 15 is 0 Å². The summed E-state index contributed by atoms with van der Waals surface area (Å²) >= 11 is 11.7. The Balaban J connectivity index is 2.09. The first-order valence-corrected chi connectivity index (χ1v) is 7.40. The third-order valence-corrected chi connectivity index (χ3v) is 4.24. The monoisotopic (exact) mass is 329 g/mol. The van der Waals surface area contributed by atoms with Crippen LogP contribution in [-0.4, -0.2) is 24.2 Å². The van der Waals surface area contributed by atoms with Gasteiger partial charge in [0.15, 0.2) is 5.75 Å². The number of carbonyl (C=O) groups is 1. The second-order valence-corrected chi connectivity index (χ2v) is 6.03. The highest BCUT2D eigenvalue weighted by molar-refractivity contribution is 6.36. The van der Waals surface area contributed by atoms with Crippen LogP contribution in [0.25, 0.3) is 0 Å². The van der Waals surface area contributed by atoms with Gasteiger partial charge in [0.25, 0.3) is 0 Å². The molecule has 1 aromatic rings. The van der Waals surface area contributed by atoms with Crippen molar-refractivity contribution >= 4 is 34.8 Å². The summed E-state index contributed by atoms with van der Waals surface area (Å²) in [6, 6.07) is 2.88. The van der Waals surface area contributed by atoms with Gasteiger partial charge in [-0.05, 0) is 25.0 Å². The largest absolute Gasteiger partial charge is 0.504 e. The van der Waals surface area contributed by atoms with Crippen LogP contribution in [0.3, 0.4) is 0 Å². The van der Waals surface area contributed by atoms with Gasteiger partial charge in [0, 0.05) is 30.1 Å². The number of benzene rings is 1. The van der Waals surface area contributed by atoms with Gasteiger partial charge in [-0.3, -0.25) is 4.79 Å². The molecular formula is C15H17Cl2NO3. The maximum absolute atomic E-state index is 12.2. The Labute approximate surface area is 133 Å². The van der Waals surface area contributed by atoms with Gasteiger partial charge in [0.05, 0.1) is 10.7 Å². The molecule has 0 bridgehead atoms. The number of allylic oxidation sites excluding steroid dienone is 1. The van der Waals surface area contributed by atoms with Crippen LogP contribution in [0.2, 0.25) is 10.0 Å². The Kier molecular flexibility index (Phi) is 5.14. The molecule has 21 heavy (non-hydrogen) atoms. The van der Waals surface area contributed by atoms with E-state index < -0.39 is 0 Å². The first kappa shape index (κ1) is 16.1. The maximum Gasteiger partial charge on any atom is 0.225 e. The lowest BCUT2D eigenvalue weighted by atomic mass is 9.77. The number of rotatable bonds is 4. The van der Waals surface area contributed by atoms with Gasteiger partial charge >= 0.3 is 0 Å². The van der Waals surface area contributed by atoms with E-state index in [4.69, 9.17) is 27.9 Å². The highest BCUT2D eigenvalue weighted by Crippen LogP contribution is 2.38. The van der Waals surface area contributed by atoms with Crippen LogP contribution in [-0.2, 0) is 9.53 Å². The standard InChI is InChI=1S/C15H17Cl2NO3/c1-2-15(3-5-21-6-4-15)9-13(19)18-12-8-10(16)7-11(17)14(12)20/h2,7-8,20H,1,3-6,9H2,(H,18,19). The van der Waals surface area contributed by atoms with Crippen LogP contribution in [0.1, 0.15) is 19.3 Å². The highest BCUT2D eigenvalue weighted by Gasteiger charge is 2.32. The number of phenolic OH excluding ortho intramolecular Hbond substituents is 1. The number of anilines is 1. The third-order valence-electron chi connectivity index (χ3n) is 3.74. The molecule has 0 aliphatic carbocycles. The van der Waals surface area contributed by atoms with Gasteiger partial charge in [-0.25, -0.2) is 0 Å². The van der Waals surface area contributed by atoms with E-state index in [1.165, 1.54) is 12.1 Å². The molecule has 6 heteroatoms. The molecule has 0 aromatic heterocycles. The van der Waals surface area contributed by atoms with E-state index in [-0.39, 0.29) is 34.2 Å². The van der Waals surface area contributed by atoms with Crippen molar-refractivity contribution in [1.29, 1.82) is 0 Å². The fourth-order valence-electron chi connectivity index (χ4n) is 2.41. The number of amides is 1. The molecule has 1 fully saturated rings. The minimum Gasteiger partial charge on any atom is -0.504 e. The molecule has 0 radical (unpaired) electrons. The van der Waals surface area contributed by atoms with Gasteiger partial charge < -0.3 is 15.2 Å². The minimum absolute atomic E-state index is 0.0994. The predicted octanol–water partition coefficient (Wildman–Crippen LogP) is 4.01. The number of ether oxygens (including phenoxy) is 1. The molecule has 114 valence electrons. The summed E-state index contributed by atoms with van der Waals surface area (Å²) in [5.41, 5.74) is -0.0517. The van der Waals surface area contributed by atoms with Crippen LogP contribution in [0, 0.1) is 5.41 Å². The Morgan fingerprint density at radius 1 is 1.43 bits per heavy atom. The quantitative estimate of drug-likeness (QED) is 0.648. The lowest BCUT2D eigenvalue weighted by Crippen LogP contribution is -2.32. The summed E-state index contributed by atoms with van der Waals surface area (Å²) in [7, 11) is 0. The molecule has 1 aromatic carbocycles. The van der Waals surface area contributed by atoms with Crippen LogP contribution in [0.5, 0.6) is 5.75 Å². The SMILES string of the molecule is C=CC1(CC(=O)Nc2cc(Cl)cc(Cl)c2O)CCOCC1. The van der Waals surface area contributed by atoms with Crippen molar-refractivity contribution in [2.45, 2.75) is 19.3 Å². The van der Waals surface area contributed by atoms with Gasteiger partial charge in [0.1, 0.15) is 0 Å². The third kappa shape index (κ3) is 3.90. The number of carbonyl (C=O) groups excluding carboxylic acids is 1. The van der Waals surface area contributed by atoms with Crippen molar-refractivity contribution in [1.82, 2.24) is 0 Å². The highest BCUT2D eigenvalue weighted by atomic mass is 35.5. The maximum atomic E-state index is 12.2. The molecule has 1 aliphatic heterocycles. The number of nitrogens with one attached hydrogen (secondary N) is 1. The Bertz CT molecular complexity index is 554.